The molecule has 2 atom stereocenters. The maximum atomic E-state index is 9.87. The van der Waals surface area contributed by atoms with Crippen LogP contribution in [0.25, 0.3) is 0 Å². The zero-order valence-electron chi connectivity index (χ0n) is 12.0. The predicted molar refractivity (Wildman–Crippen MR) is 71.5 cm³/mol. The Morgan fingerprint density at radius 2 is 2.21 bits per heavy atom. The number of likely N-dealkylation sites (N-methyl/N-ethyl adjacent to an activating group) is 1. The molecule has 1 N–H and O–H groups in total. The van der Waals surface area contributed by atoms with Crippen LogP contribution in [0.4, 0.5) is 0 Å². The molecule has 108 valence electrons. The van der Waals surface area contributed by atoms with Gasteiger partial charge in [0.1, 0.15) is 0 Å². The molecule has 1 aromatic rings. The van der Waals surface area contributed by atoms with Crippen LogP contribution in [0.3, 0.4) is 0 Å². The van der Waals surface area contributed by atoms with Gasteiger partial charge in [-0.15, -0.1) is 5.10 Å². The Morgan fingerprint density at radius 3 is 2.89 bits per heavy atom. The van der Waals surface area contributed by atoms with Crippen LogP contribution in [0.1, 0.15) is 25.6 Å². The van der Waals surface area contributed by atoms with Crippen LogP contribution in [-0.2, 0) is 13.1 Å². The molecule has 0 radical (unpaired) electrons. The third-order valence-electron chi connectivity index (χ3n) is 3.47. The lowest BCUT2D eigenvalue weighted by Crippen LogP contribution is -2.37. The summed E-state index contributed by atoms with van der Waals surface area (Å²) < 4.78 is 1.86. The first-order valence-corrected chi connectivity index (χ1v) is 6.92. The quantitative estimate of drug-likeness (QED) is 0.755. The van der Waals surface area contributed by atoms with Gasteiger partial charge < -0.3 is 10.0 Å². The number of aryl methyl sites for hydroxylation is 1. The molecule has 2 rings (SSSR count). The van der Waals surface area contributed by atoms with E-state index in [0.29, 0.717) is 19.1 Å². The van der Waals surface area contributed by atoms with Gasteiger partial charge in [-0.2, -0.15) is 0 Å². The molecular weight excluding hydrogens is 244 g/mol. The third kappa shape index (κ3) is 3.71. The molecule has 1 aromatic heterocycles. The van der Waals surface area contributed by atoms with Crippen molar-refractivity contribution >= 4 is 0 Å². The summed E-state index contributed by atoms with van der Waals surface area (Å²) in [6.45, 7) is 5.32. The zero-order chi connectivity index (χ0) is 13.8. The van der Waals surface area contributed by atoms with Crippen LogP contribution in [0, 0.1) is 0 Å². The summed E-state index contributed by atoms with van der Waals surface area (Å²) in [7, 11) is 4.12. The maximum Gasteiger partial charge on any atom is 0.165 e. The van der Waals surface area contributed by atoms with Crippen molar-refractivity contribution in [3.8, 4) is 0 Å². The fourth-order valence-corrected chi connectivity index (χ4v) is 2.67. The van der Waals surface area contributed by atoms with Crippen LogP contribution in [0.2, 0.25) is 0 Å². The van der Waals surface area contributed by atoms with E-state index in [2.05, 4.69) is 46.3 Å². The number of aliphatic hydroxyl groups is 1. The summed E-state index contributed by atoms with van der Waals surface area (Å²) in [5.74, 6) is 0.889. The van der Waals surface area contributed by atoms with Crippen molar-refractivity contribution < 1.29 is 5.11 Å². The fourth-order valence-electron chi connectivity index (χ4n) is 2.67. The molecule has 0 saturated carbocycles. The molecular formula is C12H24N6O. The Bertz CT molecular complexity index is 393. The Balaban J connectivity index is 2.01. The third-order valence-corrected chi connectivity index (χ3v) is 3.47. The van der Waals surface area contributed by atoms with Crippen LogP contribution >= 0.6 is 0 Å². The van der Waals surface area contributed by atoms with Gasteiger partial charge in [-0.25, -0.2) is 4.68 Å². The number of likely N-dealkylation sites (tertiary alicyclic amines) is 1. The minimum Gasteiger partial charge on any atom is -0.392 e. The zero-order valence-corrected chi connectivity index (χ0v) is 12.0. The first-order valence-electron chi connectivity index (χ1n) is 6.92. The Morgan fingerprint density at radius 1 is 1.42 bits per heavy atom. The SMILES string of the molecule is CCCn1nnnc1CN1CC(O)CC1CN(C)C. The summed E-state index contributed by atoms with van der Waals surface area (Å²) in [5, 5.41) is 21.7. The lowest BCUT2D eigenvalue weighted by atomic mass is 10.2. The van der Waals surface area contributed by atoms with Crippen molar-refractivity contribution in [2.75, 3.05) is 27.2 Å². The molecule has 0 spiro atoms. The monoisotopic (exact) mass is 268 g/mol. The molecule has 0 bridgehead atoms. The standard InChI is InChI=1S/C12H24N6O/c1-4-5-18-12(13-14-15-18)9-17-8-11(19)6-10(17)7-16(2)3/h10-11,19H,4-9H2,1-3H3. The number of hydrogen-bond acceptors (Lipinski definition) is 6. The molecule has 2 unspecified atom stereocenters. The van der Waals surface area contributed by atoms with E-state index in [4.69, 9.17) is 0 Å². The summed E-state index contributed by atoms with van der Waals surface area (Å²) >= 11 is 0. The van der Waals surface area contributed by atoms with E-state index >= 15 is 0 Å². The highest BCUT2D eigenvalue weighted by molar-refractivity contribution is 4.91. The number of hydrogen-bond donors (Lipinski definition) is 1. The van der Waals surface area contributed by atoms with E-state index in [1.807, 2.05) is 4.68 Å². The molecule has 7 nitrogen and oxygen atoms in total. The van der Waals surface area contributed by atoms with E-state index in [-0.39, 0.29) is 6.10 Å². The van der Waals surface area contributed by atoms with Crippen molar-refractivity contribution in [3.63, 3.8) is 0 Å². The second-order valence-electron chi connectivity index (χ2n) is 5.55. The van der Waals surface area contributed by atoms with Crippen LogP contribution < -0.4 is 0 Å². The molecule has 1 aliphatic rings. The Labute approximate surface area is 114 Å². The highest BCUT2D eigenvalue weighted by Crippen LogP contribution is 2.20. The van der Waals surface area contributed by atoms with Crippen LogP contribution in [-0.4, -0.2) is 74.4 Å². The van der Waals surface area contributed by atoms with Crippen molar-refractivity contribution in [1.82, 2.24) is 30.0 Å². The lowest BCUT2D eigenvalue weighted by Gasteiger charge is -2.25. The predicted octanol–water partition coefficient (Wildman–Crippen LogP) is -0.420. The summed E-state index contributed by atoms with van der Waals surface area (Å²) in [6, 6.07) is 0.372. The molecule has 1 saturated heterocycles. The average molecular weight is 268 g/mol. The minimum atomic E-state index is -0.236. The second-order valence-corrected chi connectivity index (χ2v) is 5.55. The Hall–Kier alpha value is -1.05. The van der Waals surface area contributed by atoms with Gasteiger partial charge in [0.2, 0.25) is 0 Å². The molecule has 2 heterocycles. The smallest absolute Gasteiger partial charge is 0.165 e. The normalized spacial score (nSPS) is 24.5. The summed E-state index contributed by atoms with van der Waals surface area (Å²) in [6.07, 6.45) is 1.61. The first-order chi connectivity index (χ1) is 9.10. The number of nitrogens with zero attached hydrogens (tertiary/aromatic N) is 6. The average Bonchev–Trinajstić information content (AvgIpc) is 2.88. The van der Waals surface area contributed by atoms with Gasteiger partial charge in [0.05, 0.1) is 12.6 Å². The number of aliphatic hydroxyl groups excluding tert-OH is 1. The van der Waals surface area contributed by atoms with E-state index < -0.39 is 0 Å². The van der Waals surface area contributed by atoms with E-state index in [0.717, 1.165) is 31.8 Å². The molecule has 0 aliphatic carbocycles. The molecule has 0 aromatic carbocycles. The van der Waals surface area contributed by atoms with Gasteiger partial charge in [0.15, 0.2) is 5.82 Å². The van der Waals surface area contributed by atoms with Gasteiger partial charge in [-0.3, -0.25) is 4.90 Å². The highest BCUT2D eigenvalue weighted by Gasteiger charge is 2.32. The lowest BCUT2D eigenvalue weighted by molar-refractivity contribution is 0.166. The van der Waals surface area contributed by atoms with Crippen molar-refractivity contribution in [2.24, 2.45) is 0 Å². The summed E-state index contributed by atoms with van der Waals surface area (Å²) in [5.41, 5.74) is 0. The van der Waals surface area contributed by atoms with Crippen molar-refractivity contribution in [3.05, 3.63) is 5.82 Å². The second kappa shape index (κ2) is 6.40. The van der Waals surface area contributed by atoms with Gasteiger partial charge in [-0.05, 0) is 37.4 Å². The summed E-state index contributed by atoms with van der Waals surface area (Å²) in [4.78, 5) is 4.44. The minimum absolute atomic E-state index is 0.236. The van der Waals surface area contributed by atoms with E-state index in [1.165, 1.54) is 0 Å². The Kier molecular flexibility index (Phi) is 4.84. The van der Waals surface area contributed by atoms with Crippen LogP contribution in [0.5, 0.6) is 0 Å². The number of tetrazole rings is 1. The van der Waals surface area contributed by atoms with Crippen LogP contribution in [0.15, 0.2) is 0 Å². The van der Waals surface area contributed by atoms with Gasteiger partial charge in [-0.1, -0.05) is 6.92 Å². The van der Waals surface area contributed by atoms with Crippen molar-refractivity contribution in [1.29, 1.82) is 0 Å². The molecule has 1 fully saturated rings. The number of β-amino-alcohol motifs (C(OH)–C–C–N with tert-alkyl or cyclic N) is 1. The molecule has 7 heteroatoms. The maximum absolute atomic E-state index is 9.87. The highest BCUT2D eigenvalue weighted by atomic mass is 16.3. The molecule has 0 amide bonds. The van der Waals surface area contributed by atoms with E-state index in [9.17, 15) is 5.11 Å². The van der Waals surface area contributed by atoms with Crippen molar-refractivity contribution in [2.45, 2.75) is 45.0 Å². The van der Waals surface area contributed by atoms with Gasteiger partial charge in [0.25, 0.3) is 0 Å². The number of aromatic nitrogens is 4. The molecule has 19 heavy (non-hydrogen) atoms. The topological polar surface area (TPSA) is 70.3 Å². The van der Waals surface area contributed by atoms with Gasteiger partial charge in [0, 0.05) is 25.7 Å². The van der Waals surface area contributed by atoms with E-state index in [1.54, 1.807) is 0 Å². The molecule has 1 aliphatic heterocycles. The first kappa shape index (κ1) is 14.4. The van der Waals surface area contributed by atoms with Gasteiger partial charge >= 0.3 is 0 Å². The number of rotatable bonds is 6. The largest absolute Gasteiger partial charge is 0.392 e. The fraction of sp³-hybridized carbons (Fsp3) is 0.917.